The number of nitrogens with one attached hydrogen (secondary N) is 1. The first kappa shape index (κ1) is 22.0. The Morgan fingerprint density at radius 3 is 2.37 bits per heavy atom. The largest absolute Gasteiger partial charge is 0.496 e. The summed E-state index contributed by atoms with van der Waals surface area (Å²) in [5.74, 6) is 2.10. The lowest BCUT2D eigenvalue weighted by molar-refractivity contribution is -0.116. The molecule has 6 nitrogen and oxygen atoms in total. The van der Waals surface area contributed by atoms with E-state index in [1.807, 2.05) is 24.3 Å². The molecule has 2 aromatic rings. The number of carbonyl (C=O) groups is 1. The monoisotopic (exact) mass is 430 g/mol. The zero-order valence-corrected chi connectivity index (χ0v) is 18.3. The number of methoxy groups -OCH3 is 3. The molecule has 2 aromatic carbocycles. The number of hydrogen-bond acceptors (Lipinski definition) is 5. The van der Waals surface area contributed by atoms with Crippen LogP contribution in [0.15, 0.2) is 42.5 Å². The van der Waals surface area contributed by atoms with E-state index in [0.717, 1.165) is 36.6 Å². The summed E-state index contributed by atoms with van der Waals surface area (Å²) in [7, 11) is 4.91. The Kier molecular flexibility index (Phi) is 7.60. The molecule has 0 aromatic heterocycles. The molecule has 1 aliphatic heterocycles. The topological polar surface area (TPSA) is 60.0 Å². The molecule has 1 heterocycles. The van der Waals surface area contributed by atoms with Crippen molar-refractivity contribution in [3.63, 3.8) is 0 Å². The van der Waals surface area contributed by atoms with Crippen molar-refractivity contribution in [1.82, 2.24) is 4.90 Å². The molecule has 0 atom stereocenters. The molecule has 0 saturated carbocycles. The molecule has 0 fully saturated rings. The first-order chi connectivity index (χ1) is 14.5. The average Bonchev–Trinajstić information content (AvgIpc) is 2.78. The standard InChI is InChI=1S/C23H27ClN2O4/c1-28-17-14-20(29-2)23(21(15-17)30-3)16-8-11-26(12-9-16)13-10-22(27)25-19-7-5-4-6-18(19)24/h4-8,14-15H,9-13H2,1-3H3,(H,25,27). The van der Waals surface area contributed by atoms with Gasteiger partial charge in [-0.05, 0) is 24.1 Å². The third kappa shape index (κ3) is 5.26. The van der Waals surface area contributed by atoms with Crippen molar-refractivity contribution in [1.29, 1.82) is 0 Å². The van der Waals surface area contributed by atoms with Crippen LogP contribution in [0.1, 0.15) is 18.4 Å². The number of anilines is 1. The second kappa shape index (κ2) is 10.4. The number of carbonyl (C=O) groups excluding carboxylic acids is 1. The molecule has 160 valence electrons. The van der Waals surface area contributed by atoms with Gasteiger partial charge in [0.05, 0.1) is 37.6 Å². The number of benzene rings is 2. The van der Waals surface area contributed by atoms with Gasteiger partial charge >= 0.3 is 0 Å². The molecule has 0 saturated heterocycles. The minimum absolute atomic E-state index is 0.0450. The van der Waals surface area contributed by atoms with Gasteiger partial charge in [-0.2, -0.15) is 0 Å². The van der Waals surface area contributed by atoms with E-state index in [2.05, 4.69) is 16.3 Å². The first-order valence-electron chi connectivity index (χ1n) is 9.81. The molecule has 0 bridgehead atoms. The van der Waals surface area contributed by atoms with Gasteiger partial charge in [0.1, 0.15) is 17.2 Å². The summed E-state index contributed by atoms with van der Waals surface area (Å²) < 4.78 is 16.5. The lowest BCUT2D eigenvalue weighted by Gasteiger charge is -2.27. The minimum atomic E-state index is -0.0450. The maximum atomic E-state index is 12.3. The predicted octanol–water partition coefficient (Wildman–Crippen LogP) is 4.48. The molecule has 7 heteroatoms. The van der Waals surface area contributed by atoms with E-state index in [-0.39, 0.29) is 5.91 Å². The quantitative estimate of drug-likeness (QED) is 0.668. The van der Waals surface area contributed by atoms with E-state index in [1.165, 1.54) is 5.57 Å². The van der Waals surface area contributed by atoms with Crippen molar-refractivity contribution in [2.45, 2.75) is 12.8 Å². The van der Waals surface area contributed by atoms with Crippen LogP contribution in [0.5, 0.6) is 17.2 Å². The van der Waals surface area contributed by atoms with E-state index in [1.54, 1.807) is 33.5 Å². The number of halogens is 1. The van der Waals surface area contributed by atoms with Crippen LogP contribution >= 0.6 is 11.6 Å². The van der Waals surface area contributed by atoms with Crippen LogP contribution in [-0.2, 0) is 4.79 Å². The highest BCUT2D eigenvalue weighted by molar-refractivity contribution is 6.33. The molecule has 1 N–H and O–H groups in total. The average molecular weight is 431 g/mol. The van der Waals surface area contributed by atoms with E-state index >= 15 is 0 Å². The number of nitrogens with zero attached hydrogens (tertiary/aromatic N) is 1. The van der Waals surface area contributed by atoms with Crippen LogP contribution in [0.3, 0.4) is 0 Å². The third-order valence-corrected chi connectivity index (χ3v) is 5.46. The van der Waals surface area contributed by atoms with Crippen LogP contribution in [0.4, 0.5) is 5.69 Å². The fourth-order valence-corrected chi connectivity index (χ4v) is 3.68. The van der Waals surface area contributed by atoms with Crippen molar-refractivity contribution in [3.05, 3.63) is 53.1 Å². The number of hydrogen-bond donors (Lipinski definition) is 1. The molecule has 1 aliphatic rings. The van der Waals surface area contributed by atoms with Crippen LogP contribution in [-0.4, -0.2) is 51.8 Å². The number of ether oxygens (including phenoxy) is 3. The third-order valence-electron chi connectivity index (χ3n) is 5.13. The highest BCUT2D eigenvalue weighted by atomic mass is 35.5. The summed E-state index contributed by atoms with van der Waals surface area (Å²) in [6.07, 6.45) is 3.41. The SMILES string of the molecule is COc1cc(OC)c(C2=CCN(CCC(=O)Nc3ccccc3Cl)CC2)c(OC)c1. The Balaban J connectivity index is 1.62. The summed E-state index contributed by atoms with van der Waals surface area (Å²) in [6, 6.07) is 11.0. The Labute approximate surface area is 182 Å². The molecular formula is C23H27ClN2O4. The Morgan fingerprint density at radius 1 is 1.10 bits per heavy atom. The Bertz CT molecular complexity index is 904. The molecule has 0 aliphatic carbocycles. The van der Waals surface area contributed by atoms with Crippen molar-refractivity contribution in [2.75, 3.05) is 46.3 Å². The van der Waals surface area contributed by atoms with E-state index in [0.29, 0.717) is 29.4 Å². The van der Waals surface area contributed by atoms with Gasteiger partial charge < -0.3 is 19.5 Å². The smallest absolute Gasteiger partial charge is 0.225 e. The van der Waals surface area contributed by atoms with Gasteiger partial charge in [0, 0.05) is 38.2 Å². The fraction of sp³-hybridized carbons (Fsp3) is 0.348. The molecule has 0 spiro atoms. The zero-order valence-electron chi connectivity index (χ0n) is 17.5. The molecule has 0 radical (unpaired) electrons. The van der Waals surface area contributed by atoms with Gasteiger partial charge in [0.25, 0.3) is 0 Å². The molecule has 0 unspecified atom stereocenters. The van der Waals surface area contributed by atoms with E-state index < -0.39 is 0 Å². The molecule has 1 amide bonds. The summed E-state index contributed by atoms with van der Waals surface area (Å²) in [6.45, 7) is 2.29. The Morgan fingerprint density at radius 2 is 1.80 bits per heavy atom. The summed E-state index contributed by atoms with van der Waals surface area (Å²) in [4.78, 5) is 14.5. The van der Waals surface area contributed by atoms with Crippen LogP contribution < -0.4 is 19.5 Å². The van der Waals surface area contributed by atoms with Gasteiger partial charge in [-0.15, -0.1) is 0 Å². The zero-order chi connectivity index (χ0) is 21.5. The van der Waals surface area contributed by atoms with Crippen molar-refractivity contribution in [3.8, 4) is 17.2 Å². The summed E-state index contributed by atoms with van der Waals surface area (Å²) in [5.41, 5.74) is 2.77. The minimum Gasteiger partial charge on any atom is -0.496 e. The van der Waals surface area contributed by atoms with Gasteiger partial charge in [-0.25, -0.2) is 0 Å². The van der Waals surface area contributed by atoms with E-state index in [4.69, 9.17) is 25.8 Å². The lowest BCUT2D eigenvalue weighted by atomic mass is 9.97. The number of para-hydroxylation sites is 1. The van der Waals surface area contributed by atoms with Crippen molar-refractivity contribution >= 4 is 28.8 Å². The van der Waals surface area contributed by atoms with Gasteiger partial charge in [0.15, 0.2) is 0 Å². The number of rotatable bonds is 8. The van der Waals surface area contributed by atoms with Gasteiger partial charge in [0.2, 0.25) is 5.91 Å². The van der Waals surface area contributed by atoms with Gasteiger partial charge in [-0.1, -0.05) is 29.8 Å². The summed E-state index contributed by atoms with van der Waals surface area (Å²) >= 11 is 6.10. The predicted molar refractivity (Wildman–Crippen MR) is 120 cm³/mol. The number of amides is 1. The van der Waals surface area contributed by atoms with E-state index in [9.17, 15) is 4.79 Å². The van der Waals surface area contributed by atoms with Crippen LogP contribution in [0.25, 0.3) is 5.57 Å². The lowest BCUT2D eigenvalue weighted by Crippen LogP contribution is -2.31. The second-order valence-electron chi connectivity index (χ2n) is 6.96. The summed E-state index contributed by atoms with van der Waals surface area (Å²) in [5, 5.41) is 3.41. The second-order valence-corrected chi connectivity index (χ2v) is 7.37. The molecule has 3 rings (SSSR count). The van der Waals surface area contributed by atoms with Crippen molar-refractivity contribution in [2.24, 2.45) is 0 Å². The molecule has 30 heavy (non-hydrogen) atoms. The highest BCUT2D eigenvalue weighted by Crippen LogP contribution is 2.40. The van der Waals surface area contributed by atoms with Gasteiger partial charge in [-0.3, -0.25) is 9.69 Å². The maximum Gasteiger partial charge on any atom is 0.225 e. The van der Waals surface area contributed by atoms with Crippen molar-refractivity contribution < 1.29 is 19.0 Å². The van der Waals surface area contributed by atoms with Crippen LogP contribution in [0.2, 0.25) is 5.02 Å². The van der Waals surface area contributed by atoms with Crippen LogP contribution in [0, 0.1) is 0 Å². The Hall–Kier alpha value is -2.70. The molecular weight excluding hydrogens is 404 g/mol. The maximum absolute atomic E-state index is 12.3. The normalized spacial score (nSPS) is 14.1. The first-order valence-corrected chi connectivity index (χ1v) is 10.2. The highest BCUT2D eigenvalue weighted by Gasteiger charge is 2.21. The fourth-order valence-electron chi connectivity index (χ4n) is 3.50.